The van der Waals surface area contributed by atoms with Gasteiger partial charge in [-0.15, -0.1) is 0 Å². The van der Waals surface area contributed by atoms with Crippen molar-refractivity contribution in [3.8, 4) is 5.75 Å². The third-order valence-electron chi connectivity index (χ3n) is 3.31. The Morgan fingerprint density at radius 3 is 2.35 bits per heavy atom. The van der Waals surface area contributed by atoms with Crippen molar-refractivity contribution in [1.29, 1.82) is 0 Å². The smallest absolute Gasteiger partial charge is 0.325 e. The van der Waals surface area contributed by atoms with Gasteiger partial charge in [-0.2, -0.15) is 0 Å². The zero-order valence-corrected chi connectivity index (χ0v) is 14.2. The maximum absolute atomic E-state index is 11.4. The quantitative estimate of drug-likeness (QED) is 0.673. The van der Waals surface area contributed by atoms with Gasteiger partial charge < -0.3 is 20.5 Å². The predicted molar refractivity (Wildman–Crippen MR) is 88.9 cm³/mol. The molecule has 1 unspecified atom stereocenters. The molecule has 1 atom stereocenters. The van der Waals surface area contributed by atoms with E-state index in [0.29, 0.717) is 19.6 Å². The minimum Gasteiger partial charge on any atom is -0.494 e. The molecule has 3 N–H and O–H groups in total. The molecule has 128 valence electrons. The second kappa shape index (κ2) is 8.41. The van der Waals surface area contributed by atoms with Crippen LogP contribution in [0.5, 0.6) is 5.75 Å². The lowest BCUT2D eigenvalue weighted by Gasteiger charge is -2.19. The standard InChI is InChI=1S/C17H26N2O4/c1-12(15(20)21)19-16(22)18-10-5-11-23-14-8-6-13(7-9-14)17(2,3)4/h6-9,12H,5,10-11H2,1-4H3,(H,20,21)(H2,18,19,22). The molecule has 1 rings (SSSR count). The molecule has 0 aliphatic heterocycles. The number of nitrogens with one attached hydrogen (secondary N) is 2. The van der Waals surface area contributed by atoms with Gasteiger partial charge >= 0.3 is 12.0 Å². The van der Waals surface area contributed by atoms with Gasteiger partial charge in [0.05, 0.1) is 6.61 Å². The lowest BCUT2D eigenvalue weighted by atomic mass is 9.87. The predicted octanol–water partition coefficient (Wildman–Crippen LogP) is 2.53. The van der Waals surface area contributed by atoms with E-state index in [1.165, 1.54) is 12.5 Å². The summed E-state index contributed by atoms with van der Waals surface area (Å²) in [5.74, 6) is -0.274. The Morgan fingerprint density at radius 1 is 1.22 bits per heavy atom. The van der Waals surface area contributed by atoms with Gasteiger partial charge in [-0.1, -0.05) is 32.9 Å². The maximum Gasteiger partial charge on any atom is 0.325 e. The Bertz CT molecular complexity index is 520. The van der Waals surface area contributed by atoms with E-state index >= 15 is 0 Å². The lowest BCUT2D eigenvalue weighted by Crippen LogP contribution is -2.44. The van der Waals surface area contributed by atoms with Crippen molar-refractivity contribution in [1.82, 2.24) is 10.6 Å². The first-order valence-electron chi connectivity index (χ1n) is 7.70. The van der Waals surface area contributed by atoms with Gasteiger partial charge in [-0.3, -0.25) is 4.79 Å². The molecule has 23 heavy (non-hydrogen) atoms. The monoisotopic (exact) mass is 322 g/mol. The molecule has 6 heteroatoms. The number of rotatable bonds is 7. The number of carbonyl (C=O) groups is 2. The van der Waals surface area contributed by atoms with Crippen LogP contribution in [0.25, 0.3) is 0 Å². The fourth-order valence-electron chi connectivity index (χ4n) is 1.82. The highest BCUT2D eigenvalue weighted by Crippen LogP contribution is 2.24. The van der Waals surface area contributed by atoms with E-state index in [2.05, 4.69) is 31.4 Å². The lowest BCUT2D eigenvalue weighted by molar-refractivity contribution is -0.138. The zero-order chi connectivity index (χ0) is 17.5. The van der Waals surface area contributed by atoms with Crippen LogP contribution in [-0.4, -0.2) is 36.3 Å². The SMILES string of the molecule is CC(NC(=O)NCCCOc1ccc(C(C)(C)C)cc1)C(=O)O. The Morgan fingerprint density at radius 2 is 1.83 bits per heavy atom. The zero-order valence-electron chi connectivity index (χ0n) is 14.2. The summed E-state index contributed by atoms with van der Waals surface area (Å²) in [4.78, 5) is 22.0. The molecular weight excluding hydrogens is 296 g/mol. The van der Waals surface area contributed by atoms with Crippen LogP contribution in [0.3, 0.4) is 0 Å². The molecular formula is C17H26N2O4. The van der Waals surface area contributed by atoms with E-state index in [9.17, 15) is 9.59 Å². The molecule has 0 saturated heterocycles. The van der Waals surface area contributed by atoms with Crippen LogP contribution in [-0.2, 0) is 10.2 Å². The summed E-state index contributed by atoms with van der Waals surface area (Å²) in [6.45, 7) is 8.77. The van der Waals surface area contributed by atoms with Crippen LogP contribution in [0.4, 0.5) is 4.79 Å². The van der Waals surface area contributed by atoms with Gasteiger partial charge in [0.15, 0.2) is 0 Å². The number of amides is 2. The molecule has 0 heterocycles. The summed E-state index contributed by atoms with van der Waals surface area (Å²) in [5, 5.41) is 13.6. The molecule has 0 aliphatic carbocycles. The van der Waals surface area contributed by atoms with E-state index in [1.807, 2.05) is 24.3 Å². The second-order valence-corrected chi connectivity index (χ2v) is 6.44. The largest absolute Gasteiger partial charge is 0.494 e. The van der Waals surface area contributed by atoms with Crippen molar-refractivity contribution in [3.63, 3.8) is 0 Å². The highest BCUT2D eigenvalue weighted by atomic mass is 16.5. The van der Waals surface area contributed by atoms with E-state index in [4.69, 9.17) is 9.84 Å². The van der Waals surface area contributed by atoms with Gasteiger partial charge in [-0.25, -0.2) is 4.79 Å². The van der Waals surface area contributed by atoms with Gasteiger partial charge in [0.2, 0.25) is 0 Å². The average molecular weight is 322 g/mol. The molecule has 6 nitrogen and oxygen atoms in total. The number of benzene rings is 1. The molecule has 2 amide bonds. The molecule has 0 aliphatic rings. The molecule has 0 spiro atoms. The number of ether oxygens (including phenoxy) is 1. The first-order chi connectivity index (χ1) is 10.7. The Balaban J connectivity index is 2.22. The van der Waals surface area contributed by atoms with Crippen molar-refractivity contribution < 1.29 is 19.4 Å². The van der Waals surface area contributed by atoms with Crippen LogP contribution in [0.15, 0.2) is 24.3 Å². The van der Waals surface area contributed by atoms with Gasteiger partial charge in [0, 0.05) is 6.54 Å². The highest BCUT2D eigenvalue weighted by molar-refractivity contribution is 5.82. The number of carbonyl (C=O) groups excluding carboxylic acids is 1. The fraction of sp³-hybridized carbons (Fsp3) is 0.529. The van der Waals surface area contributed by atoms with Crippen LogP contribution in [0, 0.1) is 0 Å². The van der Waals surface area contributed by atoms with Gasteiger partial charge in [-0.05, 0) is 36.5 Å². The number of carboxylic acid groups (broad SMARTS) is 1. The van der Waals surface area contributed by atoms with E-state index in [-0.39, 0.29) is 5.41 Å². The molecule has 1 aromatic carbocycles. The molecule has 0 radical (unpaired) electrons. The fourth-order valence-corrected chi connectivity index (χ4v) is 1.82. The van der Waals surface area contributed by atoms with E-state index in [0.717, 1.165) is 5.75 Å². The summed E-state index contributed by atoms with van der Waals surface area (Å²) in [5.41, 5.74) is 1.36. The molecule has 1 aromatic rings. The van der Waals surface area contributed by atoms with Crippen molar-refractivity contribution in [2.24, 2.45) is 0 Å². The van der Waals surface area contributed by atoms with E-state index < -0.39 is 18.0 Å². The Labute approximate surface area is 137 Å². The second-order valence-electron chi connectivity index (χ2n) is 6.44. The molecule has 0 fully saturated rings. The van der Waals surface area contributed by atoms with Crippen molar-refractivity contribution in [3.05, 3.63) is 29.8 Å². The van der Waals surface area contributed by atoms with Crippen LogP contribution in [0.2, 0.25) is 0 Å². The van der Waals surface area contributed by atoms with Gasteiger partial charge in [0.1, 0.15) is 11.8 Å². The van der Waals surface area contributed by atoms with Gasteiger partial charge in [0.25, 0.3) is 0 Å². The number of hydrogen-bond donors (Lipinski definition) is 3. The number of urea groups is 1. The molecule has 0 bridgehead atoms. The normalized spacial score (nSPS) is 12.3. The van der Waals surface area contributed by atoms with Crippen molar-refractivity contribution in [2.75, 3.05) is 13.2 Å². The van der Waals surface area contributed by atoms with Crippen LogP contribution in [0.1, 0.15) is 39.7 Å². The number of hydrogen-bond acceptors (Lipinski definition) is 3. The van der Waals surface area contributed by atoms with Crippen molar-refractivity contribution >= 4 is 12.0 Å². The third kappa shape index (κ3) is 7.04. The first-order valence-corrected chi connectivity index (χ1v) is 7.70. The van der Waals surface area contributed by atoms with E-state index in [1.54, 1.807) is 0 Å². The Kier molecular flexibility index (Phi) is 6.88. The Hall–Kier alpha value is -2.24. The summed E-state index contributed by atoms with van der Waals surface area (Å²) in [6, 6.07) is 6.58. The summed E-state index contributed by atoms with van der Waals surface area (Å²) in [7, 11) is 0. The molecule has 0 aromatic heterocycles. The average Bonchev–Trinajstić information content (AvgIpc) is 2.46. The summed E-state index contributed by atoms with van der Waals surface area (Å²) in [6.07, 6.45) is 0.635. The van der Waals surface area contributed by atoms with Crippen LogP contribution < -0.4 is 15.4 Å². The topological polar surface area (TPSA) is 87.7 Å². The molecule has 0 saturated carbocycles. The third-order valence-corrected chi connectivity index (χ3v) is 3.31. The summed E-state index contributed by atoms with van der Waals surface area (Å²) < 4.78 is 5.61. The first kappa shape index (κ1) is 18.8. The van der Waals surface area contributed by atoms with Crippen LogP contribution >= 0.6 is 0 Å². The summed E-state index contributed by atoms with van der Waals surface area (Å²) >= 11 is 0. The maximum atomic E-state index is 11.4. The highest BCUT2D eigenvalue weighted by Gasteiger charge is 2.13. The number of carboxylic acids is 1. The minimum absolute atomic E-state index is 0.114. The van der Waals surface area contributed by atoms with Crippen molar-refractivity contribution in [2.45, 2.75) is 45.6 Å². The number of aliphatic carboxylic acids is 1. The minimum atomic E-state index is -1.07.